The first-order chi connectivity index (χ1) is 14.3. The number of nitrogens with zero attached hydrogens (tertiary/aromatic N) is 2. The van der Waals surface area contributed by atoms with Gasteiger partial charge in [0.2, 0.25) is 10.0 Å². The zero-order chi connectivity index (χ0) is 21.3. The van der Waals surface area contributed by atoms with Crippen LogP contribution in [0.25, 0.3) is 16.9 Å². The molecule has 0 saturated heterocycles. The van der Waals surface area contributed by atoms with E-state index in [1.54, 1.807) is 12.1 Å². The van der Waals surface area contributed by atoms with Gasteiger partial charge in [-0.1, -0.05) is 29.8 Å². The molecule has 0 saturated carbocycles. The number of hydrogen-bond donors (Lipinski definition) is 1. The molecule has 4 rings (SSSR count). The first kappa shape index (κ1) is 20.0. The maximum Gasteiger partial charge on any atom is 0.237 e. The Morgan fingerprint density at radius 2 is 1.77 bits per heavy atom. The highest BCUT2D eigenvalue weighted by molar-refractivity contribution is 7.91. The summed E-state index contributed by atoms with van der Waals surface area (Å²) < 4.78 is 35.5. The van der Waals surface area contributed by atoms with E-state index in [0.29, 0.717) is 11.4 Å². The summed E-state index contributed by atoms with van der Waals surface area (Å²) in [5.74, 6) is 0.333. The fourth-order valence-electron chi connectivity index (χ4n) is 3.28. The molecule has 30 heavy (non-hydrogen) atoms. The van der Waals surface area contributed by atoms with E-state index in [0.717, 1.165) is 33.6 Å². The molecule has 0 amide bonds. The highest BCUT2D eigenvalue weighted by Gasteiger charge is 2.16. The number of anilines is 1. The van der Waals surface area contributed by atoms with E-state index in [1.165, 1.54) is 7.11 Å². The molecular formula is C23H23N3O3S. The highest BCUT2D eigenvalue weighted by Crippen LogP contribution is 2.31. The average Bonchev–Trinajstić information content (AvgIpc) is 3.12. The molecule has 2 heterocycles. The SMILES string of the molecule is COc1ccc(-c2cn3ccc(C)cc3n2)cc1NS(=O)(=O)Cc1ccc(C)cc1. The van der Waals surface area contributed by atoms with Crippen LogP contribution in [0.3, 0.4) is 0 Å². The van der Waals surface area contributed by atoms with Gasteiger partial charge in [-0.25, -0.2) is 13.4 Å². The fraction of sp³-hybridized carbons (Fsp3) is 0.174. The second kappa shape index (κ2) is 7.84. The molecular weight excluding hydrogens is 398 g/mol. The standard InChI is InChI=1S/C23H23N3O3S/c1-16-4-6-18(7-5-16)15-30(27,28)25-20-13-19(8-9-22(20)29-3)21-14-26-11-10-17(2)12-23(26)24-21/h4-14,25H,15H2,1-3H3. The molecule has 6 nitrogen and oxygen atoms in total. The normalized spacial score (nSPS) is 11.6. The van der Waals surface area contributed by atoms with Crippen LogP contribution in [-0.2, 0) is 15.8 Å². The summed E-state index contributed by atoms with van der Waals surface area (Å²) in [4.78, 5) is 4.66. The second-order valence-electron chi connectivity index (χ2n) is 7.36. The van der Waals surface area contributed by atoms with Crippen molar-refractivity contribution >= 4 is 21.4 Å². The molecule has 4 aromatic rings. The molecule has 0 aliphatic carbocycles. The molecule has 0 aliphatic rings. The summed E-state index contributed by atoms with van der Waals surface area (Å²) in [6, 6.07) is 16.8. The van der Waals surface area contributed by atoms with Crippen LogP contribution >= 0.6 is 0 Å². The van der Waals surface area contributed by atoms with Crippen LogP contribution in [0.5, 0.6) is 5.75 Å². The number of nitrogens with one attached hydrogen (secondary N) is 1. The maximum atomic E-state index is 12.8. The molecule has 0 spiro atoms. The van der Waals surface area contributed by atoms with Gasteiger partial charge in [0.05, 0.1) is 24.2 Å². The minimum Gasteiger partial charge on any atom is -0.495 e. The van der Waals surface area contributed by atoms with Gasteiger partial charge >= 0.3 is 0 Å². The number of methoxy groups -OCH3 is 1. The Hall–Kier alpha value is -3.32. The van der Waals surface area contributed by atoms with E-state index < -0.39 is 10.0 Å². The van der Waals surface area contributed by atoms with Crippen LogP contribution in [0.1, 0.15) is 16.7 Å². The number of sulfonamides is 1. The van der Waals surface area contributed by atoms with E-state index in [9.17, 15) is 8.42 Å². The Morgan fingerprint density at radius 3 is 2.50 bits per heavy atom. The lowest BCUT2D eigenvalue weighted by atomic mass is 10.1. The molecule has 0 unspecified atom stereocenters. The van der Waals surface area contributed by atoms with Crippen molar-refractivity contribution in [2.24, 2.45) is 0 Å². The number of hydrogen-bond acceptors (Lipinski definition) is 4. The third-order valence-electron chi connectivity index (χ3n) is 4.85. The summed E-state index contributed by atoms with van der Waals surface area (Å²) in [5, 5.41) is 0. The summed E-state index contributed by atoms with van der Waals surface area (Å²) in [6.45, 7) is 3.98. The Balaban J connectivity index is 1.65. The van der Waals surface area contributed by atoms with E-state index in [2.05, 4.69) is 9.71 Å². The van der Waals surface area contributed by atoms with Crippen LogP contribution in [0.2, 0.25) is 0 Å². The first-order valence-electron chi connectivity index (χ1n) is 9.53. The topological polar surface area (TPSA) is 72.7 Å². The fourth-order valence-corrected chi connectivity index (χ4v) is 4.48. The Bertz CT molecular complexity index is 1310. The molecule has 0 fully saturated rings. The van der Waals surface area contributed by atoms with Crippen LogP contribution in [0.15, 0.2) is 67.0 Å². The van der Waals surface area contributed by atoms with Crippen LogP contribution in [0, 0.1) is 13.8 Å². The number of rotatable bonds is 6. The lowest BCUT2D eigenvalue weighted by molar-refractivity contribution is 0.417. The minimum absolute atomic E-state index is 0.117. The molecule has 0 radical (unpaired) electrons. The molecule has 0 aliphatic heterocycles. The van der Waals surface area contributed by atoms with Gasteiger partial charge in [-0.05, 0) is 55.3 Å². The summed E-state index contributed by atoms with van der Waals surface area (Å²) >= 11 is 0. The smallest absolute Gasteiger partial charge is 0.237 e. The first-order valence-corrected chi connectivity index (χ1v) is 11.2. The largest absolute Gasteiger partial charge is 0.495 e. The number of aryl methyl sites for hydroxylation is 2. The summed E-state index contributed by atoms with van der Waals surface area (Å²) in [6.07, 6.45) is 3.87. The van der Waals surface area contributed by atoms with Crippen molar-refractivity contribution < 1.29 is 13.2 Å². The Labute approximate surface area is 176 Å². The number of aromatic nitrogens is 2. The van der Waals surface area contributed by atoms with Crippen LogP contribution in [-0.4, -0.2) is 24.9 Å². The van der Waals surface area contributed by atoms with Crippen molar-refractivity contribution in [3.63, 3.8) is 0 Å². The monoisotopic (exact) mass is 421 g/mol. The maximum absolute atomic E-state index is 12.8. The third kappa shape index (κ3) is 4.31. The van der Waals surface area contributed by atoms with Gasteiger partial charge < -0.3 is 9.14 Å². The van der Waals surface area contributed by atoms with Gasteiger partial charge in [0.25, 0.3) is 0 Å². The van der Waals surface area contributed by atoms with E-state index >= 15 is 0 Å². The van der Waals surface area contributed by atoms with Crippen molar-refractivity contribution in [1.82, 2.24) is 9.38 Å². The van der Waals surface area contributed by atoms with Crippen LogP contribution in [0.4, 0.5) is 5.69 Å². The zero-order valence-electron chi connectivity index (χ0n) is 17.1. The van der Waals surface area contributed by atoms with Crippen molar-refractivity contribution in [1.29, 1.82) is 0 Å². The number of imidazole rings is 1. The number of ether oxygens (including phenoxy) is 1. The van der Waals surface area contributed by atoms with Gasteiger partial charge in [0.15, 0.2) is 0 Å². The summed E-state index contributed by atoms with van der Waals surface area (Å²) in [5.41, 5.74) is 5.70. The van der Waals surface area contributed by atoms with Crippen molar-refractivity contribution in [3.8, 4) is 17.0 Å². The summed E-state index contributed by atoms with van der Waals surface area (Å²) in [7, 11) is -2.10. The number of benzene rings is 2. The molecule has 7 heteroatoms. The number of fused-ring (bicyclic) bond motifs is 1. The Kier molecular flexibility index (Phi) is 5.22. The predicted molar refractivity (Wildman–Crippen MR) is 119 cm³/mol. The van der Waals surface area contributed by atoms with Gasteiger partial charge in [-0.2, -0.15) is 0 Å². The van der Waals surface area contributed by atoms with E-state index in [1.807, 2.05) is 73.1 Å². The quantitative estimate of drug-likeness (QED) is 0.495. The second-order valence-corrected chi connectivity index (χ2v) is 9.08. The minimum atomic E-state index is -3.62. The van der Waals surface area contributed by atoms with Crippen molar-refractivity contribution in [3.05, 3.63) is 83.7 Å². The lowest BCUT2D eigenvalue weighted by Gasteiger charge is -2.13. The molecule has 2 aromatic heterocycles. The zero-order valence-corrected chi connectivity index (χ0v) is 17.9. The third-order valence-corrected chi connectivity index (χ3v) is 6.10. The molecule has 0 atom stereocenters. The van der Waals surface area contributed by atoms with Crippen molar-refractivity contribution in [2.45, 2.75) is 19.6 Å². The molecule has 1 N–H and O–H groups in total. The van der Waals surface area contributed by atoms with Gasteiger partial charge in [-0.3, -0.25) is 4.72 Å². The van der Waals surface area contributed by atoms with Gasteiger partial charge in [0, 0.05) is 18.0 Å². The predicted octanol–water partition coefficient (Wildman–Crippen LogP) is 4.57. The van der Waals surface area contributed by atoms with E-state index in [4.69, 9.17) is 4.74 Å². The highest BCUT2D eigenvalue weighted by atomic mass is 32.2. The van der Waals surface area contributed by atoms with Crippen molar-refractivity contribution in [2.75, 3.05) is 11.8 Å². The molecule has 2 aromatic carbocycles. The number of pyridine rings is 1. The average molecular weight is 422 g/mol. The van der Waals surface area contributed by atoms with E-state index in [-0.39, 0.29) is 5.75 Å². The van der Waals surface area contributed by atoms with Gasteiger partial charge in [-0.15, -0.1) is 0 Å². The van der Waals surface area contributed by atoms with Gasteiger partial charge in [0.1, 0.15) is 11.4 Å². The van der Waals surface area contributed by atoms with Crippen LogP contribution < -0.4 is 9.46 Å². The molecule has 0 bridgehead atoms. The molecule has 154 valence electrons. The lowest BCUT2D eigenvalue weighted by Crippen LogP contribution is -2.15. The Morgan fingerprint density at radius 1 is 1.00 bits per heavy atom.